The molecule has 0 aromatic heterocycles. The van der Waals surface area contributed by atoms with Gasteiger partial charge in [-0.05, 0) is 36.9 Å². The molecule has 0 atom stereocenters. The van der Waals surface area contributed by atoms with Crippen LogP contribution in [0.1, 0.15) is 16.7 Å². The number of rotatable bonds is 6. The summed E-state index contributed by atoms with van der Waals surface area (Å²) < 4.78 is 5.33. The number of nitrogens with zero attached hydrogens (tertiary/aromatic N) is 1. The van der Waals surface area contributed by atoms with Gasteiger partial charge >= 0.3 is 5.97 Å². The van der Waals surface area contributed by atoms with Crippen molar-refractivity contribution in [3.05, 3.63) is 77.4 Å². The number of carbonyl (C=O) groups excluding carboxylic acids is 1. The summed E-state index contributed by atoms with van der Waals surface area (Å²) in [4.78, 5) is 13.9. The fraction of sp³-hybridized carbons (Fsp3) is 0.211. The predicted molar refractivity (Wildman–Crippen MR) is 89.1 cm³/mol. The number of ether oxygens (including phenoxy) is 1. The zero-order valence-electron chi connectivity index (χ0n) is 13.0. The first kappa shape index (κ1) is 16.0. The van der Waals surface area contributed by atoms with E-state index in [1.54, 1.807) is 6.08 Å². The van der Waals surface area contributed by atoms with E-state index in [2.05, 4.69) is 11.0 Å². The van der Waals surface area contributed by atoms with Crippen LogP contribution in [0.3, 0.4) is 0 Å². The smallest absolute Gasteiger partial charge is 0.331 e. The van der Waals surface area contributed by atoms with Crippen molar-refractivity contribution in [1.82, 2.24) is 4.90 Å². The zero-order chi connectivity index (χ0) is 15.8. The van der Waals surface area contributed by atoms with Crippen LogP contribution in [0.5, 0.6) is 0 Å². The van der Waals surface area contributed by atoms with Gasteiger partial charge in [0.05, 0.1) is 0 Å². The van der Waals surface area contributed by atoms with Crippen molar-refractivity contribution < 1.29 is 9.53 Å². The highest BCUT2D eigenvalue weighted by molar-refractivity contribution is 5.87. The third-order valence-electron chi connectivity index (χ3n) is 3.19. The Hall–Kier alpha value is -2.39. The van der Waals surface area contributed by atoms with Gasteiger partial charge in [-0.1, -0.05) is 54.6 Å². The molecule has 0 saturated heterocycles. The molecule has 0 aliphatic rings. The summed E-state index contributed by atoms with van der Waals surface area (Å²) in [7, 11) is 4.04. The molecule has 0 bridgehead atoms. The van der Waals surface area contributed by atoms with Crippen molar-refractivity contribution in [3.8, 4) is 0 Å². The van der Waals surface area contributed by atoms with Crippen molar-refractivity contribution in [2.45, 2.75) is 13.2 Å². The molecule has 0 unspecified atom stereocenters. The van der Waals surface area contributed by atoms with Crippen LogP contribution in [-0.4, -0.2) is 25.0 Å². The average Bonchev–Trinajstić information content (AvgIpc) is 2.52. The van der Waals surface area contributed by atoms with Crippen LogP contribution in [0.15, 0.2) is 60.7 Å². The summed E-state index contributed by atoms with van der Waals surface area (Å²) in [5, 5.41) is 0. The molecule has 0 aliphatic carbocycles. The molecule has 0 heterocycles. The lowest BCUT2D eigenvalue weighted by Crippen LogP contribution is -2.13. The number of benzene rings is 2. The van der Waals surface area contributed by atoms with Gasteiger partial charge in [0.1, 0.15) is 6.61 Å². The number of esters is 1. The zero-order valence-corrected chi connectivity index (χ0v) is 13.0. The van der Waals surface area contributed by atoms with Gasteiger partial charge in [-0.15, -0.1) is 0 Å². The van der Waals surface area contributed by atoms with E-state index in [9.17, 15) is 4.79 Å². The Kier molecular flexibility index (Phi) is 5.92. The maximum atomic E-state index is 11.8. The first-order valence-corrected chi connectivity index (χ1v) is 7.26. The van der Waals surface area contributed by atoms with E-state index < -0.39 is 0 Å². The SMILES string of the molecule is CN(C)Cc1ccccc1COC(=O)/C=C\c1ccccc1. The normalized spacial score (nSPS) is 11.0. The van der Waals surface area contributed by atoms with Crippen molar-refractivity contribution in [1.29, 1.82) is 0 Å². The third kappa shape index (κ3) is 5.19. The van der Waals surface area contributed by atoms with E-state index in [1.165, 1.54) is 11.6 Å². The second-order valence-electron chi connectivity index (χ2n) is 5.36. The first-order valence-electron chi connectivity index (χ1n) is 7.26. The third-order valence-corrected chi connectivity index (χ3v) is 3.19. The lowest BCUT2D eigenvalue weighted by molar-refractivity contribution is -0.138. The molecule has 2 aromatic carbocycles. The lowest BCUT2D eigenvalue weighted by Gasteiger charge is -2.13. The van der Waals surface area contributed by atoms with Crippen molar-refractivity contribution in [2.75, 3.05) is 14.1 Å². The van der Waals surface area contributed by atoms with Gasteiger partial charge in [-0.3, -0.25) is 0 Å². The number of hydrogen-bond donors (Lipinski definition) is 0. The van der Waals surface area contributed by atoms with E-state index in [4.69, 9.17) is 4.74 Å². The summed E-state index contributed by atoms with van der Waals surface area (Å²) in [5.74, 6) is -0.330. The van der Waals surface area contributed by atoms with Crippen molar-refractivity contribution in [3.63, 3.8) is 0 Å². The summed E-state index contributed by atoms with van der Waals surface area (Å²) in [6, 6.07) is 17.7. The van der Waals surface area contributed by atoms with Gasteiger partial charge in [0.2, 0.25) is 0 Å². The molecule has 0 N–H and O–H groups in total. The molecule has 0 fully saturated rings. The van der Waals surface area contributed by atoms with Crippen molar-refractivity contribution >= 4 is 12.0 Å². The maximum Gasteiger partial charge on any atom is 0.331 e. The Balaban J connectivity index is 1.93. The molecule has 3 nitrogen and oxygen atoms in total. The van der Waals surface area contributed by atoms with E-state index in [0.29, 0.717) is 6.61 Å². The molecule has 3 heteroatoms. The summed E-state index contributed by atoms with van der Waals surface area (Å²) >= 11 is 0. The average molecular weight is 295 g/mol. The molecule has 0 spiro atoms. The minimum absolute atomic E-state index is 0.294. The Morgan fingerprint density at radius 3 is 2.32 bits per heavy atom. The van der Waals surface area contributed by atoms with E-state index >= 15 is 0 Å². The maximum absolute atomic E-state index is 11.8. The topological polar surface area (TPSA) is 29.5 Å². The van der Waals surface area contributed by atoms with Crippen molar-refractivity contribution in [2.24, 2.45) is 0 Å². The number of carbonyl (C=O) groups is 1. The second kappa shape index (κ2) is 8.15. The van der Waals surface area contributed by atoms with E-state index in [1.807, 2.05) is 62.6 Å². The van der Waals surface area contributed by atoms with Crippen LogP contribution in [0.25, 0.3) is 6.08 Å². The summed E-state index contributed by atoms with van der Waals surface area (Å²) in [5.41, 5.74) is 3.19. The standard InChI is InChI=1S/C19H21NO2/c1-20(2)14-17-10-6-7-11-18(17)15-22-19(21)13-12-16-8-4-3-5-9-16/h3-13H,14-15H2,1-2H3/b13-12-. The van der Waals surface area contributed by atoms with Crippen LogP contribution < -0.4 is 0 Å². The van der Waals surface area contributed by atoms with Crippen LogP contribution in [0, 0.1) is 0 Å². The molecule has 0 amide bonds. The Morgan fingerprint density at radius 2 is 1.64 bits per heavy atom. The fourth-order valence-electron chi connectivity index (χ4n) is 2.12. The van der Waals surface area contributed by atoms with Gasteiger partial charge in [0.25, 0.3) is 0 Å². The fourth-order valence-corrected chi connectivity index (χ4v) is 2.12. The highest BCUT2D eigenvalue weighted by Gasteiger charge is 2.05. The van der Waals surface area contributed by atoms with Crippen LogP contribution in [-0.2, 0) is 22.7 Å². The monoisotopic (exact) mass is 295 g/mol. The Bertz CT molecular complexity index is 633. The van der Waals surface area contributed by atoms with Crippen LogP contribution in [0.4, 0.5) is 0 Å². The minimum Gasteiger partial charge on any atom is -0.458 e. The Morgan fingerprint density at radius 1 is 1.00 bits per heavy atom. The first-order chi connectivity index (χ1) is 10.6. The van der Waals surface area contributed by atoms with Crippen LogP contribution in [0.2, 0.25) is 0 Å². The quantitative estimate of drug-likeness (QED) is 0.603. The van der Waals surface area contributed by atoms with Gasteiger partial charge in [0, 0.05) is 12.6 Å². The lowest BCUT2D eigenvalue weighted by atomic mass is 10.1. The molecule has 0 aliphatic heterocycles. The van der Waals surface area contributed by atoms with Crippen LogP contribution >= 0.6 is 0 Å². The van der Waals surface area contributed by atoms with Gasteiger partial charge in [-0.2, -0.15) is 0 Å². The molecule has 114 valence electrons. The van der Waals surface area contributed by atoms with E-state index in [0.717, 1.165) is 17.7 Å². The molecule has 2 rings (SSSR count). The highest BCUT2D eigenvalue weighted by Crippen LogP contribution is 2.12. The predicted octanol–water partition coefficient (Wildman–Crippen LogP) is 3.50. The largest absolute Gasteiger partial charge is 0.458 e. The molecule has 0 radical (unpaired) electrons. The second-order valence-corrected chi connectivity index (χ2v) is 5.36. The minimum atomic E-state index is -0.330. The molecular formula is C19H21NO2. The summed E-state index contributed by atoms with van der Waals surface area (Å²) in [6.45, 7) is 1.12. The molecule has 0 saturated carbocycles. The number of hydrogen-bond acceptors (Lipinski definition) is 3. The van der Waals surface area contributed by atoms with Gasteiger partial charge in [0.15, 0.2) is 0 Å². The van der Waals surface area contributed by atoms with Gasteiger partial charge in [-0.25, -0.2) is 4.79 Å². The van der Waals surface area contributed by atoms with Gasteiger partial charge < -0.3 is 9.64 Å². The molecular weight excluding hydrogens is 274 g/mol. The molecule has 2 aromatic rings. The summed E-state index contributed by atoms with van der Waals surface area (Å²) in [6.07, 6.45) is 3.22. The highest BCUT2D eigenvalue weighted by atomic mass is 16.5. The molecule has 22 heavy (non-hydrogen) atoms. The Labute approximate surface area is 131 Å². The van der Waals surface area contributed by atoms with E-state index in [-0.39, 0.29) is 5.97 Å².